The highest BCUT2D eigenvalue weighted by atomic mass is 16.7. The van der Waals surface area contributed by atoms with Crippen LogP contribution in [0.4, 0.5) is 0 Å². The summed E-state index contributed by atoms with van der Waals surface area (Å²) in [4.78, 5) is 0. The first kappa shape index (κ1) is 43.5. The van der Waals surface area contributed by atoms with Crippen molar-refractivity contribution in [2.75, 3.05) is 13.2 Å². The Kier molecular flexibility index (Phi) is 11.3. The van der Waals surface area contributed by atoms with Crippen LogP contribution in [0.2, 0.25) is 0 Å². The monoisotopic (exact) mass is 802 g/mol. The smallest absolute Gasteiger partial charge is 0.187 e. The fraction of sp³-hybridized carbons (Fsp3) is 1.00. The largest absolute Gasteiger partial charge is 0.394 e. The molecule has 0 bridgehead atoms. The van der Waals surface area contributed by atoms with Gasteiger partial charge in [0.15, 0.2) is 12.6 Å². The first-order chi connectivity index (χ1) is 25.9. The van der Waals surface area contributed by atoms with Crippen LogP contribution in [-0.4, -0.2) is 161 Å². The lowest BCUT2D eigenvalue weighted by Gasteiger charge is -2.63. The summed E-state index contributed by atoms with van der Waals surface area (Å²) in [6.45, 7) is 12.7. The van der Waals surface area contributed by atoms with Gasteiger partial charge in [0.05, 0.1) is 37.1 Å². The lowest BCUT2D eigenvalue weighted by atomic mass is 9.41. The highest BCUT2D eigenvalue weighted by molar-refractivity contribution is 5.31. The van der Waals surface area contributed by atoms with Gasteiger partial charge >= 0.3 is 0 Å². The molecule has 5 aliphatic carbocycles. The Morgan fingerprint density at radius 2 is 1.38 bits per heavy atom. The van der Waals surface area contributed by atoms with Crippen molar-refractivity contribution in [2.45, 2.75) is 191 Å². The first-order valence-corrected chi connectivity index (χ1v) is 21.0. The lowest BCUT2D eigenvalue weighted by molar-refractivity contribution is -0.328. The average molecular weight is 803 g/mol. The maximum Gasteiger partial charge on any atom is 0.187 e. The third-order valence-corrected chi connectivity index (χ3v) is 17.5. The zero-order valence-corrected chi connectivity index (χ0v) is 34.0. The van der Waals surface area contributed by atoms with Crippen molar-refractivity contribution >= 4 is 0 Å². The molecule has 7 aliphatic rings. The van der Waals surface area contributed by atoms with E-state index in [1.165, 1.54) is 13.8 Å². The van der Waals surface area contributed by atoms with E-state index in [9.17, 15) is 56.2 Å². The van der Waals surface area contributed by atoms with Gasteiger partial charge in [-0.1, -0.05) is 34.6 Å². The molecule has 324 valence electrons. The van der Waals surface area contributed by atoms with Crippen molar-refractivity contribution in [1.29, 1.82) is 0 Å². The van der Waals surface area contributed by atoms with E-state index in [4.69, 9.17) is 18.9 Å². The van der Waals surface area contributed by atoms with Gasteiger partial charge in [-0.15, -0.1) is 0 Å². The summed E-state index contributed by atoms with van der Waals surface area (Å²) in [5.41, 5.74) is -2.65. The number of hydrogen-bond acceptors (Lipinski definition) is 15. The second-order valence-corrected chi connectivity index (χ2v) is 20.8. The minimum Gasteiger partial charge on any atom is -0.394 e. The molecule has 5 saturated carbocycles. The number of aliphatic hydroxyl groups excluding tert-OH is 10. The third-order valence-electron chi connectivity index (χ3n) is 17.5. The summed E-state index contributed by atoms with van der Waals surface area (Å²) in [5.74, 6) is -0.488. The van der Waals surface area contributed by atoms with Gasteiger partial charge in [0, 0.05) is 0 Å². The van der Waals surface area contributed by atoms with Crippen LogP contribution in [0, 0.1) is 50.7 Å². The standard InChI is InChI=1S/C41H70O15/c1-18(32(31(50)33(51)37(4,5)52)56-35-30(49)28(47)27(46)21(15-42)54-35)25-19(43)14-39(7)23-9-8-22-36(2,3)24(55-34-29(48)26(45)20(44)16-53-34)10-11-40(22)17-41(23,40)13-12-38(25,39)6/h18-35,42-52H,8-17H2,1-7H3/t18-,19-,20+,21+,22-,23-,24-,25-,26-,27+,28-,29+,30+,31-,32-,33-,34-,35-,38+,39-,40+,41-/m0/s1. The van der Waals surface area contributed by atoms with Crippen LogP contribution in [0.3, 0.4) is 0 Å². The van der Waals surface area contributed by atoms with Gasteiger partial charge in [0.2, 0.25) is 0 Å². The summed E-state index contributed by atoms with van der Waals surface area (Å²) in [7, 11) is 0. The van der Waals surface area contributed by atoms with E-state index < -0.39 is 109 Å². The predicted molar refractivity (Wildman–Crippen MR) is 197 cm³/mol. The van der Waals surface area contributed by atoms with Gasteiger partial charge in [-0.2, -0.15) is 0 Å². The summed E-state index contributed by atoms with van der Waals surface area (Å²) in [5, 5.41) is 119. The Morgan fingerprint density at radius 3 is 2.02 bits per heavy atom. The van der Waals surface area contributed by atoms with E-state index in [0.29, 0.717) is 18.3 Å². The van der Waals surface area contributed by atoms with Crippen molar-refractivity contribution in [1.82, 2.24) is 0 Å². The van der Waals surface area contributed by atoms with E-state index in [-0.39, 0.29) is 34.4 Å². The summed E-state index contributed by atoms with van der Waals surface area (Å²) >= 11 is 0. The lowest BCUT2D eigenvalue weighted by Crippen LogP contribution is -2.62. The number of fused-ring (bicyclic) bond motifs is 2. The maximum atomic E-state index is 12.2. The van der Waals surface area contributed by atoms with Crippen molar-refractivity contribution in [2.24, 2.45) is 50.7 Å². The molecule has 2 spiro atoms. The molecule has 15 nitrogen and oxygen atoms in total. The van der Waals surface area contributed by atoms with E-state index in [2.05, 4.69) is 27.7 Å². The summed E-state index contributed by atoms with van der Waals surface area (Å²) in [6, 6.07) is 0. The van der Waals surface area contributed by atoms with Crippen LogP contribution < -0.4 is 0 Å². The maximum absolute atomic E-state index is 12.2. The predicted octanol–water partition coefficient (Wildman–Crippen LogP) is -0.466. The molecule has 7 rings (SSSR count). The molecule has 2 saturated heterocycles. The molecule has 0 amide bonds. The van der Waals surface area contributed by atoms with Gasteiger partial charge in [-0.05, 0) is 116 Å². The Morgan fingerprint density at radius 1 is 0.750 bits per heavy atom. The molecule has 2 heterocycles. The molecule has 0 radical (unpaired) electrons. The number of ether oxygens (including phenoxy) is 4. The molecule has 2 aliphatic heterocycles. The van der Waals surface area contributed by atoms with Gasteiger partial charge in [0.25, 0.3) is 0 Å². The quantitative estimate of drug-likeness (QED) is 0.125. The molecule has 56 heavy (non-hydrogen) atoms. The van der Waals surface area contributed by atoms with Gasteiger partial charge in [-0.3, -0.25) is 0 Å². The van der Waals surface area contributed by atoms with E-state index in [0.717, 1.165) is 44.9 Å². The Labute approximate surface area is 329 Å². The van der Waals surface area contributed by atoms with Crippen molar-refractivity contribution < 1.29 is 75.1 Å². The van der Waals surface area contributed by atoms with E-state index in [1.807, 2.05) is 6.92 Å². The molecule has 15 heteroatoms. The molecule has 0 unspecified atom stereocenters. The zero-order chi connectivity index (χ0) is 41.3. The topological polar surface area (TPSA) is 259 Å². The van der Waals surface area contributed by atoms with Gasteiger partial charge < -0.3 is 75.1 Å². The Balaban J connectivity index is 1.14. The first-order valence-electron chi connectivity index (χ1n) is 21.0. The molecule has 0 aromatic heterocycles. The minimum absolute atomic E-state index is 0.0638. The van der Waals surface area contributed by atoms with Crippen LogP contribution >= 0.6 is 0 Å². The SMILES string of the molecule is C[C@H]([C@H](O[C@@H]1O[C@H](CO)[C@@H](O)[C@H](O)[C@H]1O)[C@H](O)[C@H](O)C(C)(C)O)[C@H]1[C@@H](O)C[C@@]2(C)[C@@H]3CC[C@H]4C(C)(C)[C@@H](O[C@@H]5OC[C@@H](O)[C@H](O)[C@H]5O)CC[C@@]45C[C@@]35CC[C@]12C. The number of aliphatic hydroxyl groups is 11. The molecule has 7 fully saturated rings. The molecule has 22 atom stereocenters. The second kappa shape index (κ2) is 14.5. The highest BCUT2D eigenvalue weighted by Gasteiger charge is 2.83. The Hall–Kier alpha value is -0.600. The number of hydrogen-bond donors (Lipinski definition) is 11. The van der Waals surface area contributed by atoms with Crippen LogP contribution in [0.15, 0.2) is 0 Å². The van der Waals surface area contributed by atoms with Crippen molar-refractivity contribution in [3.63, 3.8) is 0 Å². The second-order valence-electron chi connectivity index (χ2n) is 20.8. The fourth-order valence-electron chi connectivity index (χ4n) is 14.3. The van der Waals surface area contributed by atoms with Gasteiger partial charge in [0.1, 0.15) is 54.9 Å². The van der Waals surface area contributed by atoms with E-state index >= 15 is 0 Å². The fourth-order valence-corrected chi connectivity index (χ4v) is 14.3. The normalized spacial score (nSPS) is 53.5. The van der Waals surface area contributed by atoms with Crippen molar-refractivity contribution in [3.8, 4) is 0 Å². The summed E-state index contributed by atoms with van der Waals surface area (Å²) in [6.07, 6.45) is -11.7. The number of rotatable bonds is 10. The molecule has 11 N–H and O–H groups in total. The van der Waals surface area contributed by atoms with Crippen LogP contribution in [0.5, 0.6) is 0 Å². The minimum atomic E-state index is -1.76. The zero-order valence-electron chi connectivity index (χ0n) is 34.0. The molecular formula is C41H70O15. The van der Waals surface area contributed by atoms with Crippen LogP contribution in [0.25, 0.3) is 0 Å². The molecule has 0 aromatic rings. The average Bonchev–Trinajstić information content (AvgIpc) is 3.74. The molecule has 0 aromatic carbocycles. The van der Waals surface area contributed by atoms with Gasteiger partial charge in [-0.25, -0.2) is 0 Å². The van der Waals surface area contributed by atoms with Crippen LogP contribution in [-0.2, 0) is 18.9 Å². The van der Waals surface area contributed by atoms with Crippen molar-refractivity contribution in [3.05, 3.63) is 0 Å². The summed E-state index contributed by atoms with van der Waals surface area (Å²) < 4.78 is 24.1. The van der Waals surface area contributed by atoms with E-state index in [1.54, 1.807) is 0 Å². The molecular weight excluding hydrogens is 732 g/mol. The Bertz CT molecular complexity index is 1430. The third kappa shape index (κ3) is 6.23. The van der Waals surface area contributed by atoms with Crippen LogP contribution in [0.1, 0.15) is 99.8 Å². The highest BCUT2D eigenvalue weighted by Crippen LogP contribution is 2.89.